The van der Waals surface area contributed by atoms with Gasteiger partial charge in [-0.2, -0.15) is 0 Å². The molecule has 0 saturated carbocycles. The lowest BCUT2D eigenvalue weighted by Crippen LogP contribution is -2.63. The summed E-state index contributed by atoms with van der Waals surface area (Å²) in [4.78, 5) is 27.1. The highest BCUT2D eigenvalue weighted by atomic mass is 16.7. The molecule has 7 N–H and O–H groups in total. The van der Waals surface area contributed by atoms with E-state index in [1.54, 1.807) is 30.3 Å². The van der Waals surface area contributed by atoms with Gasteiger partial charge in [0.1, 0.15) is 12.2 Å². The van der Waals surface area contributed by atoms with Gasteiger partial charge in [0.25, 0.3) is 0 Å². The van der Waals surface area contributed by atoms with Crippen molar-refractivity contribution in [1.82, 2.24) is 0 Å². The highest BCUT2D eigenvalue weighted by molar-refractivity contribution is 6.08. The van der Waals surface area contributed by atoms with Gasteiger partial charge in [-0.05, 0) is 12.1 Å². The minimum Gasteiger partial charge on any atom is -0.504 e. The maximum atomic E-state index is 13.6. The molecule has 6 rings (SSSR count). The van der Waals surface area contributed by atoms with Crippen LogP contribution in [0.1, 0.15) is 32.6 Å². The van der Waals surface area contributed by atoms with Crippen LogP contribution < -0.4 is 0 Å². The number of phenols is 6. The first kappa shape index (κ1) is 26.5. The molecule has 214 valence electrons. The SMILES string of the molecule is O=C1O[C@H]2[C@@H]3O[C@H](c4ccccc4)OC[C@H]3OC(O)[C@@H]2OC(=O)c2cc(O)c(O)c(O)c2-c2c1cc(O)c(O)c2O. The van der Waals surface area contributed by atoms with E-state index in [9.17, 15) is 45.3 Å². The average molecular weight is 570 g/mol. The number of esters is 2. The molecule has 0 amide bonds. The second kappa shape index (κ2) is 9.71. The largest absolute Gasteiger partial charge is 0.504 e. The molecule has 0 bridgehead atoms. The number of rotatable bonds is 1. The molecule has 14 heteroatoms. The molecule has 3 aliphatic heterocycles. The molecule has 0 spiro atoms. The molecule has 0 aromatic heterocycles. The highest BCUT2D eigenvalue weighted by Crippen LogP contribution is 2.53. The zero-order valence-corrected chi connectivity index (χ0v) is 20.7. The second-order valence-electron chi connectivity index (χ2n) is 9.51. The van der Waals surface area contributed by atoms with Gasteiger partial charge in [0, 0.05) is 16.7 Å². The molecule has 1 unspecified atom stereocenters. The number of aliphatic hydroxyl groups is 1. The maximum Gasteiger partial charge on any atom is 0.339 e. The van der Waals surface area contributed by atoms with Crippen LogP contribution in [0.3, 0.4) is 0 Å². The molecule has 3 aromatic carbocycles. The van der Waals surface area contributed by atoms with Gasteiger partial charge in [-0.25, -0.2) is 9.59 Å². The fourth-order valence-corrected chi connectivity index (χ4v) is 5.09. The highest BCUT2D eigenvalue weighted by Gasteiger charge is 2.54. The monoisotopic (exact) mass is 570 g/mol. The van der Waals surface area contributed by atoms with Crippen LogP contribution in [0.15, 0.2) is 42.5 Å². The Morgan fingerprint density at radius 3 is 1.76 bits per heavy atom. The number of benzene rings is 3. The molecule has 3 aromatic rings. The normalized spacial score (nSPS) is 27.3. The third kappa shape index (κ3) is 4.20. The van der Waals surface area contributed by atoms with Crippen LogP contribution in [-0.2, 0) is 23.7 Å². The topological polar surface area (TPSA) is 222 Å². The summed E-state index contributed by atoms with van der Waals surface area (Å²) in [6, 6.07) is 10.1. The van der Waals surface area contributed by atoms with Gasteiger partial charge in [-0.1, -0.05) is 30.3 Å². The van der Waals surface area contributed by atoms with Crippen LogP contribution in [-0.4, -0.2) is 85.0 Å². The van der Waals surface area contributed by atoms with Crippen LogP contribution in [0, 0.1) is 0 Å². The summed E-state index contributed by atoms with van der Waals surface area (Å²) in [6.45, 7) is -0.119. The molecule has 6 atom stereocenters. The van der Waals surface area contributed by atoms with Gasteiger partial charge in [-0.3, -0.25) is 0 Å². The quantitative estimate of drug-likeness (QED) is 0.163. The number of carbonyl (C=O) groups excluding carboxylic acids is 2. The van der Waals surface area contributed by atoms with Gasteiger partial charge in [0.15, 0.2) is 47.8 Å². The van der Waals surface area contributed by atoms with Crippen LogP contribution in [0.25, 0.3) is 11.1 Å². The second-order valence-corrected chi connectivity index (χ2v) is 9.51. The summed E-state index contributed by atoms with van der Waals surface area (Å²) < 4.78 is 28.4. The minimum absolute atomic E-state index is 0.119. The molecule has 2 saturated heterocycles. The standard InChI is InChI=1S/C27H22O14/c28-12-6-10-15(19(32)17(12)30)16-11(7-13(29)18(31)20(16)33)25(35)40-23-22(39-24(10)34)21-14(38-26(23)36)8-37-27(41-21)9-4-2-1-3-5-9/h1-7,14,21-23,26-33,36H,8H2/t14-,21-,22+,23-,26?,27-/m1/s1. The smallest absolute Gasteiger partial charge is 0.339 e. The number of aliphatic hydroxyl groups excluding tert-OH is 1. The number of phenolic OH excluding ortho intramolecular Hbond substituents is 6. The van der Waals surface area contributed by atoms with E-state index in [1.165, 1.54) is 0 Å². The van der Waals surface area contributed by atoms with Crippen LogP contribution in [0.2, 0.25) is 0 Å². The fraction of sp³-hybridized carbons (Fsp3) is 0.259. The molecular weight excluding hydrogens is 548 g/mol. The van der Waals surface area contributed by atoms with Crippen molar-refractivity contribution in [2.45, 2.75) is 37.0 Å². The van der Waals surface area contributed by atoms with Crippen LogP contribution in [0.4, 0.5) is 0 Å². The lowest BCUT2D eigenvalue weighted by atomic mass is 9.91. The van der Waals surface area contributed by atoms with Crippen molar-refractivity contribution in [2.75, 3.05) is 6.61 Å². The Morgan fingerprint density at radius 2 is 1.20 bits per heavy atom. The van der Waals surface area contributed by atoms with E-state index in [4.69, 9.17) is 23.7 Å². The van der Waals surface area contributed by atoms with Gasteiger partial charge in [-0.15, -0.1) is 0 Å². The Hall–Kier alpha value is -4.76. The Kier molecular flexibility index (Phi) is 6.26. The Morgan fingerprint density at radius 1 is 0.659 bits per heavy atom. The van der Waals surface area contributed by atoms with E-state index >= 15 is 0 Å². The summed E-state index contributed by atoms with van der Waals surface area (Å²) in [5.74, 6) is -9.16. The third-order valence-corrected chi connectivity index (χ3v) is 7.06. The summed E-state index contributed by atoms with van der Waals surface area (Å²) in [5.41, 5.74) is -2.25. The predicted molar refractivity (Wildman–Crippen MR) is 131 cm³/mol. The van der Waals surface area contributed by atoms with E-state index in [2.05, 4.69) is 0 Å². The maximum absolute atomic E-state index is 13.6. The number of ether oxygens (including phenoxy) is 5. The Balaban J connectivity index is 1.52. The summed E-state index contributed by atoms with van der Waals surface area (Å²) in [7, 11) is 0. The summed E-state index contributed by atoms with van der Waals surface area (Å²) in [5, 5.41) is 72.9. The zero-order valence-electron chi connectivity index (χ0n) is 20.7. The lowest BCUT2D eigenvalue weighted by Gasteiger charge is -2.47. The van der Waals surface area contributed by atoms with Crippen molar-refractivity contribution >= 4 is 11.9 Å². The van der Waals surface area contributed by atoms with Crippen molar-refractivity contribution in [3.8, 4) is 45.6 Å². The van der Waals surface area contributed by atoms with Gasteiger partial charge in [0.2, 0.25) is 11.5 Å². The number of aromatic hydroxyl groups is 6. The predicted octanol–water partition coefficient (Wildman–Crippen LogP) is 1.48. The molecular formula is C27H22O14. The van der Waals surface area contributed by atoms with Crippen molar-refractivity contribution in [3.05, 3.63) is 59.2 Å². The van der Waals surface area contributed by atoms with Crippen molar-refractivity contribution in [3.63, 3.8) is 0 Å². The number of carbonyl (C=O) groups is 2. The number of hydrogen-bond acceptors (Lipinski definition) is 14. The van der Waals surface area contributed by atoms with Crippen molar-refractivity contribution < 1.29 is 69.0 Å². The van der Waals surface area contributed by atoms with Gasteiger partial charge >= 0.3 is 11.9 Å². The zero-order chi connectivity index (χ0) is 29.2. The molecule has 3 aliphatic rings. The van der Waals surface area contributed by atoms with E-state index in [-0.39, 0.29) is 6.61 Å². The number of fused-ring (bicyclic) bond motifs is 6. The van der Waals surface area contributed by atoms with E-state index in [0.717, 1.165) is 0 Å². The molecule has 41 heavy (non-hydrogen) atoms. The van der Waals surface area contributed by atoms with Crippen molar-refractivity contribution in [2.24, 2.45) is 0 Å². The van der Waals surface area contributed by atoms with E-state index in [0.29, 0.717) is 17.7 Å². The molecule has 2 fully saturated rings. The van der Waals surface area contributed by atoms with Gasteiger partial charge < -0.3 is 59.4 Å². The lowest BCUT2D eigenvalue weighted by molar-refractivity contribution is -0.353. The third-order valence-electron chi connectivity index (χ3n) is 7.06. The molecule has 14 nitrogen and oxygen atoms in total. The first-order chi connectivity index (χ1) is 19.6. The first-order valence-electron chi connectivity index (χ1n) is 12.2. The Bertz CT molecular complexity index is 1550. The first-order valence-corrected chi connectivity index (χ1v) is 12.2. The molecule has 3 heterocycles. The average Bonchev–Trinajstić information content (AvgIpc) is 2.96. The van der Waals surface area contributed by atoms with E-state index in [1.807, 2.05) is 0 Å². The summed E-state index contributed by atoms with van der Waals surface area (Å²) >= 11 is 0. The van der Waals surface area contributed by atoms with E-state index < -0.39 is 106 Å². The van der Waals surface area contributed by atoms with Gasteiger partial charge in [0.05, 0.1) is 17.7 Å². The molecule has 0 aliphatic carbocycles. The van der Waals surface area contributed by atoms with Crippen LogP contribution >= 0.6 is 0 Å². The van der Waals surface area contributed by atoms with Crippen LogP contribution in [0.5, 0.6) is 34.5 Å². The fourth-order valence-electron chi connectivity index (χ4n) is 5.09. The Labute approximate surface area is 229 Å². The van der Waals surface area contributed by atoms with Crippen molar-refractivity contribution in [1.29, 1.82) is 0 Å². The summed E-state index contributed by atoms with van der Waals surface area (Å²) in [6.07, 6.45) is -8.30. The number of hydrogen-bond donors (Lipinski definition) is 7. The molecule has 0 radical (unpaired) electrons. The minimum atomic E-state index is -1.87.